The van der Waals surface area contributed by atoms with E-state index in [4.69, 9.17) is 9.84 Å². The van der Waals surface area contributed by atoms with Gasteiger partial charge in [-0.2, -0.15) is 0 Å². The maximum absolute atomic E-state index is 10.1. The quantitative estimate of drug-likeness (QED) is 0.602. The van der Waals surface area contributed by atoms with Crippen molar-refractivity contribution in [3.05, 3.63) is 29.8 Å². The predicted molar refractivity (Wildman–Crippen MR) is 55.5 cm³/mol. The highest BCUT2D eigenvalue weighted by Gasteiger charge is 2.25. The molecule has 0 aromatic heterocycles. The third-order valence-corrected chi connectivity index (χ3v) is 2.37. The molecule has 1 N–H and O–H groups in total. The van der Waals surface area contributed by atoms with Crippen molar-refractivity contribution in [2.45, 2.75) is 12.5 Å². The van der Waals surface area contributed by atoms with Crippen LogP contribution < -0.4 is 0 Å². The Morgan fingerprint density at radius 2 is 2.07 bits per heavy atom. The molecular formula is C11H13NO3. The third-order valence-electron chi connectivity index (χ3n) is 2.37. The Morgan fingerprint density at radius 1 is 1.47 bits per heavy atom. The van der Waals surface area contributed by atoms with Crippen molar-refractivity contribution in [3.8, 4) is 5.75 Å². The zero-order valence-electron chi connectivity index (χ0n) is 8.73. The normalized spacial score (nSPS) is 14.0. The van der Waals surface area contributed by atoms with Gasteiger partial charge in [0.2, 0.25) is 6.08 Å². The van der Waals surface area contributed by atoms with Crippen LogP contribution in [0.2, 0.25) is 0 Å². The fraction of sp³-hybridized carbons (Fsp3) is 0.364. The molecule has 4 heteroatoms. The monoisotopic (exact) mass is 207 g/mol. The van der Waals surface area contributed by atoms with E-state index in [-0.39, 0.29) is 12.3 Å². The summed E-state index contributed by atoms with van der Waals surface area (Å²) in [5.41, 5.74) is 0.187. The van der Waals surface area contributed by atoms with Gasteiger partial charge in [0.05, 0.1) is 6.54 Å². The zero-order valence-corrected chi connectivity index (χ0v) is 8.73. The summed E-state index contributed by atoms with van der Waals surface area (Å²) >= 11 is 0. The van der Waals surface area contributed by atoms with Crippen LogP contribution in [0.4, 0.5) is 0 Å². The summed E-state index contributed by atoms with van der Waals surface area (Å²) in [6.45, 7) is 2.03. The molecule has 1 rings (SSSR count). The summed E-state index contributed by atoms with van der Waals surface area (Å²) in [5, 5.41) is 9.14. The molecular weight excluding hydrogens is 194 g/mol. The van der Waals surface area contributed by atoms with Crippen LogP contribution in [0.3, 0.4) is 0 Å². The molecule has 15 heavy (non-hydrogen) atoms. The number of phenolic OH excluding ortho intramolecular Hbond substituents is 1. The van der Waals surface area contributed by atoms with Crippen molar-refractivity contribution in [1.82, 2.24) is 0 Å². The molecule has 0 aliphatic rings. The lowest BCUT2D eigenvalue weighted by Gasteiger charge is -2.26. The van der Waals surface area contributed by atoms with Crippen LogP contribution in [-0.2, 0) is 15.1 Å². The van der Waals surface area contributed by atoms with Gasteiger partial charge in [0.25, 0.3) is 0 Å². The van der Waals surface area contributed by atoms with Crippen molar-refractivity contribution in [2.24, 2.45) is 4.99 Å². The summed E-state index contributed by atoms with van der Waals surface area (Å²) in [6, 6.07) is 6.60. The van der Waals surface area contributed by atoms with Gasteiger partial charge in [0.15, 0.2) is 0 Å². The van der Waals surface area contributed by atoms with Crippen LogP contribution in [-0.4, -0.2) is 24.8 Å². The van der Waals surface area contributed by atoms with E-state index in [2.05, 4.69) is 4.99 Å². The number of ether oxygens (including phenoxy) is 1. The number of rotatable bonds is 4. The number of hydrogen-bond acceptors (Lipinski definition) is 4. The highest BCUT2D eigenvalue weighted by Crippen LogP contribution is 2.26. The SMILES string of the molecule is COC(C)(CN=C=O)c1ccc(O)cc1. The Labute approximate surface area is 88.2 Å². The molecule has 0 fully saturated rings. The number of nitrogens with zero attached hydrogens (tertiary/aromatic N) is 1. The molecule has 0 amide bonds. The first-order valence-corrected chi connectivity index (χ1v) is 4.50. The minimum absolute atomic E-state index is 0.191. The van der Waals surface area contributed by atoms with Gasteiger partial charge < -0.3 is 9.84 Å². The second-order valence-corrected chi connectivity index (χ2v) is 3.39. The summed E-state index contributed by atoms with van der Waals surface area (Å²) < 4.78 is 5.31. The van der Waals surface area contributed by atoms with Gasteiger partial charge >= 0.3 is 0 Å². The smallest absolute Gasteiger partial charge is 0.235 e. The second-order valence-electron chi connectivity index (χ2n) is 3.39. The van der Waals surface area contributed by atoms with E-state index in [1.54, 1.807) is 31.4 Å². The Bertz CT molecular complexity index is 368. The summed E-state index contributed by atoms with van der Waals surface area (Å²) in [4.78, 5) is 13.6. The van der Waals surface area contributed by atoms with E-state index in [1.165, 1.54) is 6.08 Å². The fourth-order valence-electron chi connectivity index (χ4n) is 1.27. The number of aliphatic imine (C=N–C) groups is 1. The number of carbonyl (C=O) groups excluding carboxylic acids is 1. The number of methoxy groups -OCH3 is 1. The molecule has 0 saturated heterocycles. The van der Waals surface area contributed by atoms with Crippen LogP contribution in [0.5, 0.6) is 5.75 Å². The van der Waals surface area contributed by atoms with E-state index in [1.807, 2.05) is 6.92 Å². The van der Waals surface area contributed by atoms with Gasteiger partial charge in [-0.1, -0.05) is 12.1 Å². The van der Waals surface area contributed by atoms with Gasteiger partial charge in [-0.25, -0.2) is 9.79 Å². The van der Waals surface area contributed by atoms with Crippen LogP contribution in [0.1, 0.15) is 12.5 Å². The summed E-state index contributed by atoms with van der Waals surface area (Å²) in [6.07, 6.45) is 1.48. The Balaban J connectivity index is 2.99. The maximum atomic E-state index is 10.1. The molecule has 0 bridgehead atoms. The van der Waals surface area contributed by atoms with Gasteiger partial charge in [-0.05, 0) is 24.6 Å². The number of isocyanates is 1. The van der Waals surface area contributed by atoms with Gasteiger partial charge in [0.1, 0.15) is 11.4 Å². The zero-order chi connectivity index (χ0) is 11.3. The molecule has 0 aliphatic heterocycles. The van der Waals surface area contributed by atoms with E-state index in [0.717, 1.165) is 5.56 Å². The van der Waals surface area contributed by atoms with Gasteiger partial charge in [-0.3, -0.25) is 0 Å². The van der Waals surface area contributed by atoms with E-state index < -0.39 is 5.60 Å². The topological polar surface area (TPSA) is 58.9 Å². The van der Waals surface area contributed by atoms with Gasteiger partial charge in [0, 0.05) is 7.11 Å². The van der Waals surface area contributed by atoms with Crippen molar-refractivity contribution >= 4 is 6.08 Å². The fourth-order valence-corrected chi connectivity index (χ4v) is 1.27. The Morgan fingerprint density at radius 3 is 2.53 bits per heavy atom. The van der Waals surface area contributed by atoms with E-state index in [9.17, 15) is 4.79 Å². The number of hydrogen-bond donors (Lipinski definition) is 1. The third kappa shape index (κ3) is 2.65. The maximum Gasteiger partial charge on any atom is 0.235 e. The van der Waals surface area contributed by atoms with E-state index in [0.29, 0.717) is 0 Å². The lowest BCUT2D eigenvalue weighted by atomic mass is 9.96. The molecule has 1 unspecified atom stereocenters. The van der Waals surface area contributed by atoms with Crippen LogP contribution >= 0.6 is 0 Å². The standard InChI is InChI=1S/C11H13NO3/c1-11(15-2,7-12-8-13)9-3-5-10(14)6-4-9/h3-6,14H,7H2,1-2H3. The average molecular weight is 207 g/mol. The predicted octanol–water partition coefficient (Wildman–Crippen LogP) is 1.59. The molecule has 0 saturated carbocycles. The minimum Gasteiger partial charge on any atom is -0.508 e. The van der Waals surface area contributed by atoms with Crippen LogP contribution in [0, 0.1) is 0 Å². The number of benzene rings is 1. The van der Waals surface area contributed by atoms with Crippen molar-refractivity contribution < 1.29 is 14.6 Å². The largest absolute Gasteiger partial charge is 0.508 e. The molecule has 0 aliphatic carbocycles. The lowest BCUT2D eigenvalue weighted by Crippen LogP contribution is -2.27. The minimum atomic E-state index is -0.662. The van der Waals surface area contributed by atoms with Crippen molar-refractivity contribution in [2.75, 3.05) is 13.7 Å². The van der Waals surface area contributed by atoms with Crippen LogP contribution in [0.25, 0.3) is 0 Å². The Kier molecular flexibility index (Phi) is 3.61. The molecule has 1 aromatic carbocycles. The lowest BCUT2D eigenvalue weighted by molar-refractivity contribution is 0.0105. The molecule has 1 aromatic rings. The summed E-state index contributed by atoms with van der Waals surface area (Å²) in [5.74, 6) is 0.191. The number of aromatic hydroxyl groups is 1. The first-order valence-electron chi connectivity index (χ1n) is 4.50. The first kappa shape index (κ1) is 11.4. The highest BCUT2D eigenvalue weighted by atomic mass is 16.5. The van der Waals surface area contributed by atoms with Gasteiger partial charge in [-0.15, -0.1) is 0 Å². The molecule has 0 heterocycles. The molecule has 80 valence electrons. The molecule has 0 radical (unpaired) electrons. The average Bonchev–Trinajstić information content (AvgIpc) is 2.27. The second kappa shape index (κ2) is 4.73. The van der Waals surface area contributed by atoms with Crippen LogP contribution in [0.15, 0.2) is 29.3 Å². The van der Waals surface area contributed by atoms with Crippen molar-refractivity contribution in [3.63, 3.8) is 0 Å². The summed E-state index contributed by atoms with van der Waals surface area (Å²) in [7, 11) is 1.55. The number of phenols is 1. The molecule has 0 spiro atoms. The first-order chi connectivity index (χ1) is 7.12. The highest BCUT2D eigenvalue weighted by molar-refractivity contribution is 5.35. The molecule has 1 atom stereocenters. The van der Waals surface area contributed by atoms with E-state index >= 15 is 0 Å². The molecule has 4 nitrogen and oxygen atoms in total. The Hall–Kier alpha value is -1.64. The van der Waals surface area contributed by atoms with Crippen molar-refractivity contribution in [1.29, 1.82) is 0 Å².